The van der Waals surface area contributed by atoms with Gasteiger partial charge in [0.1, 0.15) is 0 Å². The van der Waals surface area contributed by atoms with Gasteiger partial charge in [-0.05, 0) is 51.0 Å². The van der Waals surface area contributed by atoms with Crippen LogP contribution in [0.2, 0.25) is 0 Å². The van der Waals surface area contributed by atoms with Crippen molar-refractivity contribution in [2.45, 2.75) is 39.8 Å². The van der Waals surface area contributed by atoms with Gasteiger partial charge in [-0.1, -0.05) is 12.1 Å². The number of nitrogens with zero attached hydrogens (tertiary/aromatic N) is 5. The molecule has 3 heterocycles. The number of hydrogen-bond acceptors (Lipinski definition) is 3. The fraction of sp³-hybridized carbons (Fsp3) is 0.364. The zero-order chi connectivity index (χ0) is 19.0. The van der Waals surface area contributed by atoms with Gasteiger partial charge in [-0.3, -0.25) is 4.68 Å². The second-order valence-electron chi connectivity index (χ2n) is 7.48. The average molecular weight is 361 g/mol. The van der Waals surface area contributed by atoms with E-state index >= 15 is 0 Å². The van der Waals surface area contributed by atoms with E-state index < -0.39 is 0 Å². The van der Waals surface area contributed by atoms with Crippen LogP contribution in [0.5, 0.6) is 0 Å². The van der Waals surface area contributed by atoms with Gasteiger partial charge >= 0.3 is 0 Å². The molecule has 0 amide bonds. The molecule has 0 spiro atoms. The van der Waals surface area contributed by atoms with E-state index in [0.717, 1.165) is 37.4 Å². The van der Waals surface area contributed by atoms with Crippen molar-refractivity contribution in [3.8, 4) is 11.3 Å². The fourth-order valence-corrected chi connectivity index (χ4v) is 4.14. The van der Waals surface area contributed by atoms with Gasteiger partial charge in [0, 0.05) is 36.6 Å². The first kappa shape index (κ1) is 17.6. The van der Waals surface area contributed by atoms with Crippen molar-refractivity contribution in [3.05, 3.63) is 66.4 Å². The zero-order valence-corrected chi connectivity index (χ0v) is 16.4. The van der Waals surface area contributed by atoms with E-state index in [0.29, 0.717) is 0 Å². The summed E-state index contributed by atoms with van der Waals surface area (Å²) in [5.41, 5.74) is 7.39. The Bertz CT molecular complexity index is 965. The Morgan fingerprint density at radius 2 is 2.11 bits per heavy atom. The molecule has 0 fully saturated rings. The lowest BCUT2D eigenvalue weighted by Gasteiger charge is -2.18. The number of aromatic nitrogens is 4. The highest BCUT2D eigenvalue weighted by atomic mass is 15.3. The van der Waals surface area contributed by atoms with Crippen LogP contribution in [0.4, 0.5) is 5.69 Å². The lowest BCUT2D eigenvalue weighted by atomic mass is 10.1. The molecule has 0 N–H and O–H groups in total. The molecule has 0 saturated carbocycles. The number of fused-ring (bicyclic) bond motifs is 1. The molecule has 2 aromatic heterocycles. The predicted molar refractivity (Wildman–Crippen MR) is 110 cm³/mol. The third-order valence-electron chi connectivity index (χ3n) is 5.35. The summed E-state index contributed by atoms with van der Waals surface area (Å²) in [5, 5.41) is 4.64. The molecular weight excluding hydrogens is 334 g/mol. The summed E-state index contributed by atoms with van der Waals surface area (Å²) in [6, 6.07) is 9.16. The SMILES string of the molecule is C=CCN1CCc2cc(-c3cncn3CC(C)n3nc(C)cc3C)ccc21. The Balaban J connectivity index is 1.59. The molecule has 1 unspecified atom stereocenters. The monoisotopic (exact) mass is 361 g/mol. The smallest absolute Gasteiger partial charge is 0.0951 e. The van der Waals surface area contributed by atoms with Crippen LogP contribution in [-0.2, 0) is 13.0 Å². The van der Waals surface area contributed by atoms with E-state index in [2.05, 4.69) is 68.9 Å². The van der Waals surface area contributed by atoms with Crippen LogP contribution in [0.25, 0.3) is 11.3 Å². The minimum Gasteiger partial charge on any atom is -0.367 e. The Hall–Kier alpha value is -2.82. The number of hydrogen-bond donors (Lipinski definition) is 0. The van der Waals surface area contributed by atoms with Crippen molar-refractivity contribution in [1.82, 2.24) is 19.3 Å². The lowest BCUT2D eigenvalue weighted by Crippen LogP contribution is -2.19. The first-order chi connectivity index (χ1) is 13.1. The van der Waals surface area contributed by atoms with Crippen molar-refractivity contribution in [2.75, 3.05) is 18.0 Å². The van der Waals surface area contributed by atoms with E-state index in [1.54, 1.807) is 0 Å². The van der Waals surface area contributed by atoms with Crippen molar-refractivity contribution in [2.24, 2.45) is 0 Å². The summed E-state index contributed by atoms with van der Waals surface area (Å²) in [7, 11) is 0. The molecule has 1 aromatic carbocycles. The first-order valence-corrected chi connectivity index (χ1v) is 9.59. The van der Waals surface area contributed by atoms with E-state index in [-0.39, 0.29) is 6.04 Å². The molecule has 0 radical (unpaired) electrons. The van der Waals surface area contributed by atoms with Crippen molar-refractivity contribution >= 4 is 5.69 Å². The van der Waals surface area contributed by atoms with Crippen LogP contribution >= 0.6 is 0 Å². The molecule has 0 bridgehead atoms. The van der Waals surface area contributed by atoms with Gasteiger partial charge in [0.05, 0.1) is 30.0 Å². The Morgan fingerprint density at radius 3 is 2.85 bits per heavy atom. The number of aryl methyl sites for hydroxylation is 2. The molecule has 5 heteroatoms. The van der Waals surface area contributed by atoms with Gasteiger partial charge in [0.25, 0.3) is 0 Å². The number of benzene rings is 1. The fourth-order valence-electron chi connectivity index (χ4n) is 4.14. The van der Waals surface area contributed by atoms with Gasteiger partial charge in [-0.2, -0.15) is 5.10 Å². The normalized spacial score (nSPS) is 14.4. The Morgan fingerprint density at radius 1 is 1.26 bits per heavy atom. The maximum Gasteiger partial charge on any atom is 0.0951 e. The van der Waals surface area contributed by atoms with Crippen LogP contribution in [-0.4, -0.2) is 32.4 Å². The highest BCUT2D eigenvalue weighted by molar-refractivity contribution is 5.68. The molecule has 1 atom stereocenters. The highest BCUT2D eigenvalue weighted by Crippen LogP contribution is 2.32. The molecule has 3 aromatic rings. The van der Waals surface area contributed by atoms with Crippen molar-refractivity contribution in [1.29, 1.82) is 0 Å². The molecule has 5 nitrogen and oxygen atoms in total. The molecular formula is C22H27N5. The highest BCUT2D eigenvalue weighted by Gasteiger charge is 2.19. The molecule has 27 heavy (non-hydrogen) atoms. The third kappa shape index (κ3) is 3.29. The van der Waals surface area contributed by atoms with E-state index in [4.69, 9.17) is 0 Å². The van der Waals surface area contributed by atoms with Gasteiger partial charge in [-0.25, -0.2) is 4.98 Å². The van der Waals surface area contributed by atoms with E-state index in [1.807, 2.05) is 25.5 Å². The lowest BCUT2D eigenvalue weighted by molar-refractivity contribution is 0.418. The van der Waals surface area contributed by atoms with E-state index in [1.165, 1.54) is 22.5 Å². The van der Waals surface area contributed by atoms with Gasteiger partial charge in [-0.15, -0.1) is 6.58 Å². The topological polar surface area (TPSA) is 38.9 Å². The molecule has 0 aliphatic carbocycles. The summed E-state index contributed by atoms with van der Waals surface area (Å²) >= 11 is 0. The maximum atomic E-state index is 4.64. The number of anilines is 1. The van der Waals surface area contributed by atoms with E-state index in [9.17, 15) is 0 Å². The number of rotatable bonds is 6. The summed E-state index contributed by atoms with van der Waals surface area (Å²) in [4.78, 5) is 6.80. The van der Waals surface area contributed by atoms with Crippen molar-refractivity contribution in [3.63, 3.8) is 0 Å². The molecule has 140 valence electrons. The third-order valence-corrected chi connectivity index (χ3v) is 5.35. The van der Waals surface area contributed by atoms with Gasteiger partial charge < -0.3 is 9.47 Å². The van der Waals surface area contributed by atoms with Gasteiger partial charge in [0.2, 0.25) is 0 Å². The van der Waals surface area contributed by atoms with Crippen LogP contribution in [0.1, 0.15) is 29.9 Å². The minimum atomic E-state index is 0.268. The van der Waals surface area contributed by atoms with Crippen molar-refractivity contribution < 1.29 is 0 Å². The van der Waals surface area contributed by atoms with Crippen LogP contribution in [0, 0.1) is 13.8 Å². The molecule has 1 aliphatic rings. The largest absolute Gasteiger partial charge is 0.367 e. The minimum absolute atomic E-state index is 0.268. The quantitative estimate of drug-likeness (QED) is 0.619. The van der Waals surface area contributed by atoms with Crippen LogP contribution in [0.15, 0.2) is 49.4 Å². The number of imidazole rings is 1. The summed E-state index contributed by atoms with van der Waals surface area (Å²) in [5.74, 6) is 0. The average Bonchev–Trinajstić information content (AvgIpc) is 3.34. The predicted octanol–water partition coefficient (Wildman–Crippen LogP) is 4.17. The molecule has 1 aliphatic heterocycles. The maximum absolute atomic E-state index is 4.64. The summed E-state index contributed by atoms with van der Waals surface area (Å²) < 4.78 is 4.34. The van der Waals surface area contributed by atoms with Crippen LogP contribution < -0.4 is 4.90 Å². The second-order valence-corrected chi connectivity index (χ2v) is 7.48. The molecule has 0 saturated heterocycles. The van der Waals surface area contributed by atoms with Crippen LogP contribution in [0.3, 0.4) is 0 Å². The van der Waals surface area contributed by atoms with Gasteiger partial charge in [0.15, 0.2) is 0 Å². The second kappa shape index (κ2) is 7.06. The standard InChI is InChI=1S/C22H27N5/c1-5-9-25-10-8-20-12-19(6-7-21(20)25)22-13-23-15-26(22)14-18(4)27-17(3)11-16(2)24-27/h5-7,11-13,15,18H,1,8-10,14H2,2-4H3. The Kier molecular flexibility index (Phi) is 4.60. The summed E-state index contributed by atoms with van der Waals surface area (Å²) in [6.45, 7) is 13.0. The Labute approximate surface area is 161 Å². The summed E-state index contributed by atoms with van der Waals surface area (Å²) in [6.07, 6.45) is 6.95. The first-order valence-electron chi connectivity index (χ1n) is 9.59. The molecule has 4 rings (SSSR count). The zero-order valence-electron chi connectivity index (χ0n) is 16.4.